The van der Waals surface area contributed by atoms with Crippen molar-refractivity contribution < 1.29 is 13.6 Å². The van der Waals surface area contributed by atoms with Gasteiger partial charge in [-0.05, 0) is 31.1 Å². The second-order valence-electron chi connectivity index (χ2n) is 9.03. The van der Waals surface area contributed by atoms with Crippen LogP contribution in [0.15, 0.2) is 0 Å². The summed E-state index contributed by atoms with van der Waals surface area (Å²) in [5.74, 6) is 1.19. The lowest BCUT2D eigenvalue weighted by Crippen LogP contribution is -2.59. The molecule has 0 aromatic rings. The van der Waals surface area contributed by atoms with Gasteiger partial charge >= 0.3 is 0 Å². The van der Waals surface area contributed by atoms with Crippen LogP contribution in [0.3, 0.4) is 0 Å². The number of halogens is 2. The Bertz CT molecular complexity index is 560. The maximum Gasteiger partial charge on any atom is 0.239 e. The average molecular weight is 368 g/mol. The van der Waals surface area contributed by atoms with Crippen LogP contribution in [-0.2, 0) is 4.79 Å². The van der Waals surface area contributed by atoms with Gasteiger partial charge in [0.2, 0.25) is 5.91 Å². The Morgan fingerprint density at radius 3 is 2.65 bits per heavy atom. The van der Waals surface area contributed by atoms with E-state index in [0.29, 0.717) is 24.8 Å². The zero-order valence-corrected chi connectivity index (χ0v) is 15.2. The summed E-state index contributed by atoms with van der Waals surface area (Å²) in [6.07, 6.45) is 2.55. The zero-order chi connectivity index (χ0) is 17.8. The minimum Gasteiger partial charge on any atom is -0.338 e. The number of hydrogen-bond donors (Lipinski definition) is 2. The fourth-order valence-corrected chi connectivity index (χ4v) is 5.97. The first kappa shape index (κ1) is 17.3. The van der Waals surface area contributed by atoms with E-state index in [2.05, 4.69) is 15.8 Å². The molecule has 1 amide bonds. The highest BCUT2D eigenvalue weighted by Crippen LogP contribution is 2.40. The highest BCUT2D eigenvalue weighted by atomic mass is 19.2. The van der Waals surface area contributed by atoms with Crippen molar-refractivity contribution in [2.75, 3.05) is 26.2 Å². The van der Waals surface area contributed by atoms with Crippen molar-refractivity contribution in [1.82, 2.24) is 20.7 Å². The summed E-state index contributed by atoms with van der Waals surface area (Å²) in [5.41, 5.74) is 3.53. The molecule has 2 aliphatic carbocycles. The van der Waals surface area contributed by atoms with Crippen molar-refractivity contribution in [3.8, 4) is 0 Å². The third-order valence-electron chi connectivity index (χ3n) is 7.76. The summed E-state index contributed by atoms with van der Waals surface area (Å²) in [7, 11) is 0. The quantitative estimate of drug-likeness (QED) is 0.770. The smallest absolute Gasteiger partial charge is 0.239 e. The number of rotatable bonds is 2. The summed E-state index contributed by atoms with van der Waals surface area (Å²) in [6.45, 7) is 3.38. The summed E-state index contributed by atoms with van der Waals surface area (Å²) in [4.78, 5) is 15.1. The molecule has 3 heterocycles. The van der Waals surface area contributed by atoms with E-state index in [9.17, 15) is 13.6 Å². The van der Waals surface area contributed by atoms with E-state index in [1.165, 1.54) is 19.3 Å². The Balaban J connectivity index is 1.23. The van der Waals surface area contributed by atoms with Crippen molar-refractivity contribution >= 4 is 5.91 Å². The lowest BCUT2D eigenvalue weighted by Gasteiger charge is -2.42. The van der Waals surface area contributed by atoms with Gasteiger partial charge < -0.3 is 10.2 Å². The van der Waals surface area contributed by atoms with Crippen molar-refractivity contribution in [2.24, 2.45) is 17.8 Å². The van der Waals surface area contributed by atoms with Crippen LogP contribution in [0.25, 0.3) is 0 Å². The molecular formula is C19H30F2N4O. The molecule has 0 aromatic heterocycles. The molecule has 5 rings (SSSR count). The summed E-state index contributed by atoms with van der Waals surface area (Å²) in [5, 5.41) is 5.66. The van der Waals surface area contributed by atoms with E-state index >= 15 is 0 Å². The van der Waals surface area contributed by atoms with E-state index in [0.717, 1.165) is 32.1 Å². The van der Waals surface area contributed by atoms with Crippen molar-refractivity contribution in [2.45, 2.75) is 69.0 Å². The van der Waals surface area contributed by atoms with Gasteiger partial charge in [-0.3, -0.25) is 10.2 Å². The molecule has 0 bridgehead atoms. The van der Waals surface area contributed by atoms with Gasteiger partial charge in [0, 0.05) is 44.2 Å². The lowest BCUT2D eigenvalue weighted by atomic mass is 9.73. The van der Waals surface area contributed by atoms with Gasteiger partial charge in [0.25, 0.3) is 0 Å². The van der Waals surface area contributed by atoms with E-state index < -0.39 is 12.3 Å². The minimum absolute atomic E-state index is 0.0388. The lowest BCUT2D eigenvalue weighted by molar-refractivity contribution is -0.136. The molecule has 5 fully saturated rings. The predicted molar refractivity (Wildman–Crippen MR) is 93.8 cm³/mol. The molecule has 7 unspecified atom stereocenters. The second kappa shape index (κ2) is 6.67. The fraction of sp³-hybridized carbons (Fsp3) is 0.947. The molecule has 2 N–H and O–H groups in total. The number of carbonyl (C=O) groups excluding carboxylic acids is 1. The van der Waals surface area contributed by atoms with Gasteiger partial charge in [-0.25, -0.2) is 13.8 Å². The van der Waals surface area contributed by atoms with Gasteiger partial charge in [0.15, 0.2) is 0 Å². The maximum absolute atomic E-state index is 14.2. The molecule has 5 aliphatic rings. The van der Waals surface area contributed by atoms with Crippen molar-refractivity contribution in [3.63, 3.8) is 0 Å². The highest BCUT2D eigenvalue weighted by Gasteiger charge is 2.49. The van der Waals surface area contributed by atoms with Crippen LogP contribution >= 0.6 is 0 Å². The molecule has 2 saturated carbocycles. The Hall–Kier alpha value is -0.790. The number of alkyl halides is 2. The number of nitrogens with zero attached hydrogens (tertiary/aromatic N) is 2. The molecule has 3 saturated heterocycles. The topological polar surface area (TPSA) is 47.6 Å². The van der Waals surface area contributed by atoms with Gasteiger partial charge in [-0.15, -0.1) is 0 Å². The number of fused-ring (bicyclic) bond motifs is 2. The number of hydrogen-bond acceptors (Lipinski definition) is 4. The minimum atomic E-state index is -1.42. The first-order chi connectivity index (χ1) is 12.6. The van der Waals surface area contributed by atoms with Crippen LogP contribution in [0.5, 0.6) is 0 Å². The number of piperazine rings is 1. The largest absolute Gasteiger partial charge is 0.338 e. The van der Waals surface area contributed by atoms with Crippen LogP contribution in [0, 0.1) is 17.8 Å². The monoisotopic (exact) mass is 368 g/mol. The van der Waals surface area contributed by atoms with Crippen LogP contribution in [0.1, 0.15) is 38.5 Å². The molecule has 0 spiro atoms. The summed E-state index contributed by atoms with van der Waals surface area (Å²) in [6, 6.07) is 0.0329. The van der Waals surface area contributed by atoms with Crippen LogP contribution < -0.4 is 10.7 Å². The van der Waals surface area contributed by atoms with Crippen molar-refractivity contribution in [3.05, 3.63) is 0 Å². The van der Waals surface area contributed by atoms with Crippen LogP contribution in [0.4, 0.5) is 8.78 Å². The number of amides is 1. The maximum atomic E-state index is 14.2. The summed E-state index contributed by atoms with van der Waals surface area (Å²) >= 11 is 0. The molecule has 0 aromatic carbocycles. The molecule has 7 heteroatoms. The van der Waals surface area contributed by atoms with Crippen molar-refractivity contribution in [1.29, 1.82) is 0 Å². The van der Waals surface area contributed by atoms with Gasteiger partial charge in [-0.2, -0.15) is 0 Å². The predicted octanol–water partition coefficient (Wildman–Crippen LogP) is 1.25. The number of carbonyl (C=O) groups is 1. The molecule has 5 nitrogen and oxygen atoms in total. The highest BCUT2D eigenvalue weighted by molar-refractivity contribution is 5.82. The normalized spacial score (nSPS) is 46.7. The zero-order valence-electron chi connectivity index (χ0n) is 15.2. The first-order valence-electron chi connectivity index (χ1n) is 10.4. The standard InChI is InChI=1S/C19H30F2N4O/c20-14-4-5-15-12(18(14)21)8-16(23-15)19(26)24-6-7-25-17(10-24)13(9-22-25)11-2-1-3-11/h11-18,22-23H,1-10H2. The molecule has 26 heavy (non-hydrogen) atoms. The molecule has 7 atom stereocenters. The van der Waals surface area contributed by atoms with E-state index in [4.69, 9.17) is 0 Å². The Kier molecular flexibility index (Phi) is 4.44. The first-order valence-corrected chi connectivity index (χ1v) is 10.4. The van der Waals surface area contributed by atoms with Crippen LogP contribution in [0.2, 0.25) is 0 Å². The Morgan fingerprint density at radius 1 is 1.04 bits per heavy atom. The molecule has 146 valence electrons. The molecule has 0 radical (unpaired) electrons. The van der Waals surface area contributed by atoms with Crippen LogP contribution in [-0.4, -0.2) is 72.5 Å². The molecular weight excluding hydrogens is 338 g/mol. The molecule has 3 aliphatic heterocycles. The third-order valence-corrected chi connectivity index (χ3v) is 7.76. The number of hydrazine groups is 1. The van der Waals surface area contributed by atoms with E-state index in [1.807, 2.05) is 4.90 Å². The third kappa shape index (κ3) is 2.78. The van der Waals surface area contributed by atoms with Gasteiger partial charge in [0.1, 0.15) is 12.3 Å². The SMILES string of the molecule is O=C(C1CC2C(CCC(F)C2F)N1)N1CCN2NCC(C3CCC3)C2C1. The van der Waals surface area contributed by atoms with Gasteiger partial charge in [-0.1, -0.05) is 19.3 Å². The Labute approximate surface area is 153 Å². The fourth-order valence-electron chi connectivity index (χ4n) is 5.97. The Morgan fingerprint density at radius 2 is 1.88 bits per heavy atom. The average Bonchev–Trinajstić information content (AvgIpc) is 3.21. The number of nitrogens with one attached hydrogen (secondary N) is 2. The van der Waals surface area contributed by atoms with E-state index in [1.54, 1.807) is 0 Å². The second-order valence-corrected chi connectivity index (χ2v) is 9.03. The van der Waals surface area contributed by atoms with Gasteiger partial charge in [0.05, 0.1) is 6.04 Å². The summed E-state index contributed by atoms with van der Waals surface area (Å²) < 4.78 is 27.9. The van der Waals surface area contributed by atoms with E-state index in [-0.39, 0.29) is 30.3 Å².